The fraction of sp³-hybridized carbons (Fsp3) is 0.167. The van der Waals surface area contributed by atoms with Gasteiger partial charge in [0.1, 0.15) is 11.5 Å². The van der Waals surface area contributed by atoms with Crippen molar-refractivity contribution in [2.45, 2.75) is 26.5 Å². The summed E-state index contributed by atoms with van der Waals surface area (Å²) in [5, 5.41) is 0.633. The average Bonchev–Trinajstić information content (AvgIpc) is 3.34. The smallest absolute Gasteiger partial charge is 0.267 e. The molecule has 30 heavy (non-hydrogen) atoms. The molecule has 0 saturated carbocycles. The van der Waals surface area contributed by atoms with Crippen molar-refractivity contribution < 1.29 is 13.9 Å². The molecule has 3 aromatic rings. The van der Waals surface area contributed by atoms with Crippen LogP contribution in [0, 0.1) is 0 Å². The molecule has 4 rings (SSSR count). The first-order chi connectivity index (χ1) is 14.6. The number of amidine groups is 1. The minimum absolute atomic E-state index is 0.0893. The summed E-state index contributed by atoms with van der Waals surface area (Å²) in [7, 11) is 0. The van der Waals surface area contributed by atoms with Crippen LogP contribution >= 0.6 is 11.8 Å². The van der Waals surface area contributed by atoms with E-state index in [1.54, 1.807) is 11.2 Å². The standard InChI is InChI=1S/C24H22N2O3S/c1-17(2)29-20-12-10-18(11-13-20)15-22-23(27)26(16-21-9-6-14-28-21)24(30-22)25-19-7-4-3-5-8-19/h3-15,17H,16H2,1-2H3/b22-15-,25-24?. The lowest BCUT2D eigenvalue weighted by atomic mass is 10.2. The lowest BCUT2D eigenvalue weighted by molar-refractivity contribution is -0.122. The molecule has 0 radical (unpaired) electrons. The molecule has 2 heterocycles. The molecule has 0 bridgehead atoms. The minimum Gasteiger partial charge on any atom is -0.491 e. The zero-order chi connectivity index (χ0) is 20.9. The number of amides is 1. The number of thioether (sulfide) groups is 1. The number of para-hydroxylation sites is 1. The summed E-state index contributed by atoms with van der Waals surface area (Å²) in [4.78, 5) is 20.1. The number of carbonyl (C=O) groups is 1. The molecule has 1 saturated heterocycles. The number of ether oxygens (including phenoxy) is 1. The molecule has 2 aromatic carbocycles. The van der Waals surface area contributed by atoms with Crippen molar-refractivity contribution in [1.29, 1.82) is 0 Å². The Balaban J connectivity index is 1.62. The highest BCUT2D eigenvalue weighted by atomic mass is 32.2. The van der Waals surface area contributed by atoms with E-state index in [9.17, 15) is 4.79 Å². The van der Waals surface area contributed by atoms with Crippen LogP contribution in [0.4, 0.5) is 5.69 Å². The van der Waals surface area contributed by atoms with Gasteiger partial charge in [-0.1, -0.05) is 30.3 Å². The molecule has 5 nitrogen and oxygen atoms in total. The van der Waals surface area contributed by atoms with Crippen LogP contribution in [0.5, 0.6) is 5.75 Å². The Kier molecular flexibility index (Phi) is 6.05. The van der Waals surface area contributed by atoms with Crippen molar-refractivity contribution in [2.24, 2.45) is 4.99 Å². The molecule has 0 aliphatic carbocycles. The third kappa shape index (κ3) is 4.83. The van der Waals surface area contributed by atoms with Crippen LogP contribution in [0.25, 0.3) is 6.08 Å². The number of hydrogen-bond donors (Lipinski definition) is 0. The maximum absolute atomic E-state index is 13.1. The first kappa shape index (κ1) is 20.0. The molecule has 1 amide bonds. The van der Waals surface area contributed by atoms with Gasteiger partial charge in [0.2, 0.25) is 0 Å². The van der Waals surface area contributed by atoms with Gasteiger partial charge in [0.25, 0.3) is 5.91 Å². The zero-order valence-electron chi connectivity index (χ0n) is 16.8. The molecule has 1 aromatic heterocycles. The lowest BCUT2D eigenvalue weighted by Gasteiger charge is -2.13. The summed E-state index contributed by atoms with van der Waals surface area (Å²) in [6, 6.07) is 21.0. The normalized spacial score (nSPS) is 16.8. The van der Waals surface area contributed by atoms with E-state index >= 15 is 0 Å². The average molecular weight is 419 g/mol. The summed E-state index contributed by atoms with van der Waals surface area (Å²) in [5.41, 5.74) is 1.73. The Bertz CT molecular complexity index is 1060. The molecule has 0 unspecified atom stereocenters. The number of benzene rings is 2. The fourth-order valence-electron chi connectivity index (χ4n) is 2.97. The van der Waals surface area contributed by atoms with Gasteiger partial charge >= 0.3 is 0 Å². The molecule has 0 N–H and O–H groups in total. The van der Waals surface area contributed by atoms with Crippen molar-refractivity contribution in [3.8, 4) is 5.75 Å². The molecule has 0 spiro atoms. The number of furan rings is 1. The molecular weight excluding hydrogens is 396 g/mol. The van der Waals surface area contributed by atoms with Crippen LogP contribution < -0.4 is 4.74 Å². The van der Waals surface area contributed by atoms with Crippen molar-refractivity contribution in [3.63, 3.8) is 0 Å². The second-order valence-corrected chi connectivity index (χ2v) is 8.06. The SMILES string of the molecule is CC(C)Oc1ccc(/C=C2\SC(=Nc3ccccc3)N(Cc3ccco3)C2=O)cc1. The van der Waals surface area contributed by atoms with Gasteiger partial charge in [-0.2, -0.15) is 0 Å². The highest BCUT2D eigenvalue weighted by Gasteiger charge is 2.34. The Morgan fingerprint density at radius 1 is 1.07 bits per heavy atom. The van der Waals surface area contributed by atoms with Crippen molar-refractivity contribution in [3.05, 3.63) is 89.2 Å². The monoisotopic (exact) mass is 418 g/mol. The highest BCUT2D eigenvalue weighted by Crippen LogP contribution is 2.35. The van der Waals surface area contributed by atoms with Gasteiger partial charge in [-0.15, -0.1) is 0 Å². The predicted molar refractivity (Wildman–Crippen MR) is 121 cm³/mol. The third-order valence-corrected chi connectivity index (χ3v) is 5.32. The van der Waals surface area contributed by atoms with Crippen molar-refractivity contribution in [1.82, 2.24) is 4.90 Å². The van der Waals surface area contributed by atoms with Gasteiger partial charge in [0.05, 0.1) is 29.5 Å². The molecule has 1 aliphatic rings. The van der Waals surface area contributed by atoms with E-state index in [0.29, 0.717) is 22.4 Å². The Morgan fingerprint density at radius 2 is 1.83 bits per heavy atom. The fourth-order valence-corrected chi connectivity index (χ4v) is 3.97. The number of nitrogens with zero attached hydrogens (tertiary/aromatic N) is 2. The van der Waals surface area contributed by atoms with E-state index in [1.807, 2.05) is 86.7 Å². The van der Waals surface area contributed by atoms with Crippen LogP contribution in [0.15, 0.2) is 87.3 Å². The van der Waals surface area contributed by atoms with Gasteiger partial charge in [-0.3, -0.25) is 9.69 Å². The molecule has 1 fully saturated rings. The molecular formula is C24H22N2O3S. The zero-order valence-corrected chi connectivity index (χ0v) is 17.6. The summed E-state index contributed by atoms with van der Waals surface area (Å²) in [6.07, 6.45) is 3.61. The summed E-state index contributed by atoms with van der Waals surface area (Å²) < 4.78 is 11.1. The summed E-state index contributed by atoms with van der Waals surface area (Å²) in [6.45, 7) is 4.32. The molecule has 0 atom stereocenters. The second kappa shape index (κ2) is 9.05. The second-order valence-electron chi connectivity index (χ2n) is 7.05. The van der Waals surface area contributed by atoms with E-state index in [1.165, 1.54) is 11.8 Å². The van der Waals surface area contributed by atoms with Crippen LogP contribution in [0.3, 0.4) is 0 Å². The van der Waals surface area contributed by atoms with Crippen molar-refractivity contribution in [2.75, 3.05) is 0 Å². The predicted octanol–water partition coefficient (Wildman–Crippen LogP) is 5.87. The highest BCUT2D eigenvalue weighted by molar-refractivity contribution is 8.18. The van der Waals surface area contributed by atoms with Crippen LogP contribution in [0.1, 0.15) is 25.2 Å². The van der Waals surface area contributed by atoms with E-state index in [2.05, 4.69) is 0 Å². The van der Waals surface area contributed by atoms with Gasteiger partial charge in [-0.25, -0.2) is 4.99 Å². The van der Waals surface area contributed by atoms with E-state index in [0.717, 1.165) is 17.0 Å². The number of rotatable bonds is 6. The van der Waals surface area contributed by atoms with Crippen molar-refractivity contribution >= 4 is 34.6 Å². The molecule has 6 heteroatoms. The first-order valence-electron chi connectivity index (χ1n) is 9.73. The Labute approximate surface area is 180 Å². The maximum atomic E-state index is 13.1. The van der Waals surface area contributed by atoms with Crippen LogP contribution in [-0.2, 0) is 11.3 Å². The number of carbonyl (C=O) groups excluding carboxylic acids is 1. The van der Waals surface area contributed by atoms with Gasteiger partial charge in [-0.05, 0) is 73.6 Å². The van der Waals surface area contributed by atoms with E-state index < -0.39 is 0 Å². The lowest BCUT2D eigenvalue weighted by Crippen LogP contribution is -2.28. The Morgan fingerprint density at radius 3 is 2.50 bits per heavy atom. The summed E-state index contributed by atoms with van der Waals surface area (Å²) in [5.74, 6) is 1.43. The van der Waals surface area contributed by atoms with E-state index in [4.69, 9.17) is 14.1 Å². The van der Waals surface area contributed by atoms with Crippen LogP contribution in [0.2, 0.25) is 0 Å². The number of hydrogen-bond acceptors (Lipinski definition) is 5. The van der Waals surface area contributed by atoms with Crippen LogP contribution in [-0.4, -0.2) is 22.1 Å². The molecule has 1 aliphatic heterocycles. The maximum Gasteiger partial charge on any atom is 0.267 e. The van der Waals surface area contributed by atoms with E-state index in [-0.39, 0.29) is 12.0 Å². The van der Waals surface area contributed by atoms with Gasteiger partial charge < -0.3 is 9.15 Å². The first-order valence-corrected chi connectivity index (χ1v) is 10.5. The third-order valence-electron chi connectivity index (χ3n) is 4.31. The van der Waals surface area contributed by atoms with Gasteiger partial charge in [0, 0.05) is 0 Å². The van der Waals surface area contributed by atoms with Gasteiger partial charge in [0.15, 0.2) is 5.17 Å². The Hall–Kier alpha value is -3.25. The largest absolute Gasteiger partial charge is 0.491 e. The number of aliphatic imine (C=N–C) groups is 1. The topological polar surface area (TPSA) is 55.0 Å². The summed E-state index contributed by atoms with van der Waals surface area (Å²) >= 11 is 1.37. The molecule has 152 valence electrons. The minimum atomic E-state index is -0.0893. The quantitative estimate of drug-likeness (QED) is 0.470.